The van der Waals surface area contributed by atoms with Crippen LogP contribution in [0, 0.1) is 5.82 Å². The van der Waals surface area contributed by atoms with E-state index in [1.165, 1.54) is 6.07 Å². The van der Waals surface area contributed by atoms with Crippen LogP contribution in [0.25, 0.3) is 0 Å². The van der Waals surface area contributed by atoms with Crippen molar-refractivity contribution >= 4 is 0 Å². The van der Waals surface area contributed by atoms with Gasteiger partial charge in [-0.3, -0.25) is 0 Å². The van der Waals surface area contributed by atoms with Crippen LogP contribution in [0.2, 0.25) is 0 Å². The predicted octanol–water partition coefficient (Wildman–Crippen LogP) is 3.20. The minimum absolute atomic E-state index is 0.0778. The molecule has 1 heterocycles. The molecule has 1 aromatic rings. The van der Waals surface area contributed by atoms with Crippen LogP contribution in [-0.4, -0.2) is 5.54 Å². The molecule has 0 radical (unpaired) electrons. The highest BCUT2D eigenvalue weighted by Crippen LogP contribution is 2.37. The molecule has 1 atom stereocenters. The fourth-order valence-corrected chi connectivity index (χ4v) is 2.48. The molecule has 1 aromatic carbocycles. The van der Waals surface area contributed by atoms with Crippen LogP contribution < -0.4 is 5.32 Å². The highest BCUT2D eigenvalue weighted by Gasteiger charge is 2.39. The van der Waals surface area contributed by atoms with E-state index in [9.17, 15) is 4.39 Å². The Morgan fingerprint density at radius 3 is 2.47 bits per heavy atom. The Hall–Kier alpha value is -0.890. The van der Waals surface area contributed by atoms with Gasteiger partial charge in [0.2, 0.25) is 0 Å². The molecule has 0 aliphatic carbocycles. The summed E-state index contributed by atoms with van der Waals surface area (Å²) in [4.78, 5) is 0. The molecule has 1 aliphatic rings. The Morgan fingerprint density at radius 2 is 1.93 bits per heavy atom. The first-order valence-electron chi connectivity index (χ1n) is 5.47. The van der Waals surface area contributed by atoms with Gasteiger partial charge in [0, 0.05) is 11.1 Å². The van der Waals surface area contributed by atoms with Crippen molar-refractivity contribution in [2.45, 2.75) is 44.7 Å². The summed E-state index contributed by atoms with van der Waals surface area (Å²) in [6.45, 7) is 6.53. The summed E-state index contributed by atoms with van der Waals surface area (Å²) in [5.74, 6) is -0.153. The number of rotatable bonds is 1. The average molecular weight is 207 g/mol. The van der Waals surface area contributed by atoms with Crippen molar-refractivity contribution in [3.8, 4) is 0 Å². The second-order valence-corrected chi connectivity index (χ2v) is 5.35. The van der Waals surface area contributed by atoms with Gasteiger partial charge in [0.05, 0.1) is 0 Å². The average Bonchev–Trinajstić information content (AvgIpc) is 2.42. The number of hydrogen-bond acceptors (Lipinski definition) is 1. The second kappa shape index (κ2) is 3.31. The van der Waals surface area contributed by atoms with Crippen LogP contribution in [0.3, 0.4) is 0 Å². The van der Waals surface area contributed by atoms with E-state index >= 15 is 0 Å². The minimum Gasteiger partial charge on any atom is -0.303 e. The third kappa shape index (κ3) is 2.05. The van der Waals surface area contributed by atoms with Crippen molar-refractivity contribution in [3.63, 3.8) is 0 Å². The van der Waals surface area contributed by atoms with E-state index in [0.29, 0.717) is 0 Å². The molecule has 1 nitrogen and oxygen atoms in total. The van der Waals surface area contributed by atoms with E-state index in [4.69, 9.17) is 0 Å². The van der Waals surface area contributed by atoms with Crippen molar-refractivity contribution in [1.82, 2.24) is 5.32 Å². The second-order valence-electron chi connectivity index (χ2n) is 5.35. The van der Waals surface area contributed by atoms with E-state index in [-0.39, 0.29) is 16.9 Å². The fourth-order valence-electron chi connectivity index (χ4n) is 2.48. The SMILES string of the molecule is CC1(C)CCC(C)(c2cccc(F)c2)N1. The number of halogens is 1. The van der Waals surface area contributed by atoms with Crippen LogP contribution in [0.15, 0.2) is 24.3 Å². The largest absolute Gasteiger partial charge is 0.303 e. The first-order valence-corrected chi connectivity index (χ1v) is 5.47. The Balaban J connectivity index is 2.31. The third-order valence-corrected chi connectivity index (χ3v) is 3.33. The maximum atomic E-state index is 13.2. The van der Waals surface area contributed by atoms with Gasteiger partial charge < -0.3 is 5.32 Å². The molecule has 1 saturated heterocycles. The number of nitrogens with one attached hydrogen (secondary N) is 1. The van der Waals surface area contributed by atoms with E-state index in [1.807, 2.05) is 6.07 Å². The maximum Gasteiger partial charge on any atom is 0.123 e. The normalized spacial score (nSPS) is 29.3. The first-order chi connectivity index (χ1) is 6.91. The molecule has 0 saturated carbocycles. The highest BCUT2D eigenvalue weighted by atomic mass is 19.1. The van der Waals surface area contributed by atoms with E-state index in [0.717, 1.165) is 18.4 Å². The van der Waals surface area contributed by atoms with Crippen molar-refractivity contribution in [2.75, 3.05) is 0 Å². The van der Waals surface area contributed by atoms with Gasteiger partial charge in [0.25, 0.3) is 0 Å². The summed E-state index contributed by atoms with van der Waals surface area (Å²) in [5, 5.41) is 3.58. The standard InChI is InChI=1S/C13H18FN/c1-12(2)7-8-13(3,15-12)10-5-4-6-11(14)9-10/h4-6,9,15H,7-8H2,1-3H3. The monoisotopic (exact) mass is 207 g/mol. The third-order valence-electron chi connectivity index (χ3n) is 3.33. The predicted molar refractivity (Wildman–Crippen MR) is 60.2 cm³/mol. The zero-order valence-electron chi connectivity index (χ0n) is 9.60. The van der Waals surface area contributed by atoms with Crippen molar-refractivity contribution in [1.29, 1.82) is 0 Å². The van der Waals surface area contributed by atoms with Gasteiger partial charge >= 0.3 is 0 Å². The fraction of sp³-hybridized carbons (Fsp3) is 0.538. The molecule has 1 unspecified atom stereocenters. The Kier molecular flexibility index (Phi) is 2.34. The lowest BCUT2D eigenvalue weighted by molar-refractivity contribution is 0.352. The zero-order chi connectivity index (χ0) is 11.1. The van der Waals surface area contributed by atoms with Gasteiger partial charge in [0.1, 0.15) is 5.82 Å². The summed E-state index contributed by atoms with van der Waals surface area (Å²) in [7, 11) is 0. The Morgan fingerprint density at radius 1 is 1.20 bits per heavy atom. The molecule has 0 bridgehead atoms. The lowest BCUT2D eigenvalue weighted by atomic mass is 9.90. The molecule has 2 rings (SSSR count). The Bertz CT molecular complexity index is 373. The molecule has 0 aromatic heterocycles. The van der Waals surface area contributed by atoms with E-state index < -0.39 is 0 Å². The molecule has 0 spiro atoms. The molecular formula is C13H18FN. The lowest BCUT2D eigenvalue weighted by Gasteiger charge is -2.29. The van der Waals surface area contributed by atoms with Crippen LogP contribution in [-0.2, 0) is 5.54 Å². The molecule has 2 heteroatoms. The molecule has 1 fully saturated rings. The molecule has 15 heavy (non-hydrogen) atoms. The van der Waals surface area contributed by atoms with Crippen LogP contribution in [0.5, 0.6) is 0 Å². The van der Waals surface area contributed by atoms with Crippen molar-refractivity contribution < 1.29 is 4.39 Å². The molecule has 1 aliphatic heterocycles. The molecular weight excluding hydrogens is 189 g/mol. The summed E-state index contributed by atoms with van der Waals surface area (Å²) < 4.78 is 13.2. The van der Waals surface area contributed by atoms with Crippen molar-refractivity contribution in [3.05, 3.63) is 35.6 Å². The van der Waals surface area contributed by atoms with Gasteiger partial charge in [-0.1, -0.05) is 12.1 Å². The lowest BCUT2D eigenvalue weighted by Crippen LogP contribution is -2.43. The quantitative estimate of drug-likeness (QED) is 0.745. The summed E-state index contributed by atoms with van der Waals surface area (Å²) in [5.41, 5.74) is 1.13. The minimum atomic E-state index is -0.153. The highest BCUT2D eigenvalue weighted by molar-refractivity contribution is 5.26. The molecule has 82 valence electrons. The maximum absolute atomic E-state index is 13.2. The number of hydrogen-bond donors (Lipinski definition) is 1. The van der Waals surface area contributed by atoms with Gasteiger partial charge in [-0.05, 0) is 51.3 Å². The van der Waals surface area contributed by atoms with Crippen LogP contribution in [0.4, 0.5) is 4.39 Å². The summed E-state index contributed by atoms with van der Waals surface area (Å²) in [6.07, 6.45) is 2.18. The van der Waals surface area contributed by atoms with Gasteiger partial charge in [-0.15, -0.1) is 0 Å². The van der Waals surface area contributed by atoms with Crippen molar-refractivity contribution in [2.24, 2.45) is 0 Å². The zero-order valence-corrected chi connectivity index (χ0v) is 9.60. The smallest absolute Gasteiger partial charge is 0.123 e. The number of benzene rings is 1. The molecule has 0 amide bonds. The first kappa shape index (κ1) is 10.6. The summed E-state index contributed by atoms with van der Waals surface area (Å²) in [6, 6.07) is 6.90. The molecule has 1 N–H and O–H groups in total. The van der Waals surface area contributed by atoms with Crippen LogP contribution in [0.1, 0.15) is 39.2 Å². The van der Waals surface area contributed by atoms with Crippen LogP contribution >= 0.6 is 0 Å². The topological polar surface area (TPSA) is 12.0 Å². The van der Waals surface area contributed by atoms with E-state index in [2.05, 4.69) is 26.1 Å². The van der Waals surface area contributed by atoms with Gasteiger partial charge in [0.15, 0.2) is 0 Å². The van der Waals surface area contributed by atoms with E-state index in [1.54, 1.807) is 12.1 Å². The van der Waals surface area contributed by atoms with Gasteiger partial charge in [-0.2, -0.15) is 0 Å². The van der Waals surface area contributed by atoms with Gasteiger partial charge in [-0.25, -0.2) is 4.39 Å². The Labute approximate surface area is 90.7 Å². The summed E-state index contributed by atoms with van der Waals surface area (Å²) >= 11 is 0.